The molecule has 0 atom stereocenters. The molecule has 1 aromatic heterocycles. The van der Waals surface area contributed by atoms with Crippen LogP contribution in [0.1, 0.15) is 30.4 Å². The van der Waals surface area contributed by atoms with Crippen molar-refractivity contribution in [3.63, 3.8) is 0 Å². The molecular weight excluding hydrogens is 536 g/mol. The van der Waals surface area contributed by atoms with Gasteiger partial charge in [0.05, 0.1) is 15.4 Å². The van der Waals surface area contributed by atoms with E-state index in [4.69, 9.17) is 26.2 Å². The number of piperidine rings is 1. The number of aromatic nitrogens is 1. The fourth-order valence-corrected chi connectivity index (χ4v) is 5.53. The van der Waals surface area contributed by atoms with Gasteiger partial charge in [-0.25, -0.2) is 22.2 Å². The van der Waals surface area contributed by atoms with Crippen LogP contribution in [0.5, 0.6) is 5.75 Å². The zero-order valence-corrected chi connectivity index (χ0v) is 21.3. The molecule has 0 spiro atoms. The van der Waals surface area contributed by atoms with Crippen molar-refractivity contribution in [1.82, 2.24) is 9.88 Å². The molecule has 2 aromatic carbocycles. The van der Waals surface area contributed by atoms with Crippen LogP contribution < -0.4 is 9.46 Å². The summed E-state index contributed by atoms with van der Waals surface area (Å²) in [6.07, 6.45) is -1.05. The maximum Gasteiger partial charge on any atom is 0.290 e. The number of nitrogens with one attached hydrogen (secondary N) is 1. The van der Waals surface area contributed by atoms with Crippen LogP contribution in [0.4, 0.5) is 14.6 Å². The van der Waals surface area contributed by atoms with Crippen molar-refractivity contribution < 1.29 is 31.8 Å². The van der Waals surface area contributed by atoms with E-state index in [0.717, 1.165) is 31.5 Å². The van der Waals surface area contributed by atoms with Crippen molar-refractivity contribution in [2.75, 3.05) is 17.8 Å². The van der Waals surface area contributed by atoms with Gasteiger partial charge in [-0.3, -0.25) is 14.4 Å². The van der Waals surface area contributed by atoms with E-state index in [1.807, 2.05) is 6.07 Å². The fraction of sp³-hybridized carbons (Fsp3) is 0.304. The Balaban J connectivity index is 0.00000115. The summed E-state index contributed by atoms with van der Waals surface area (Å²) < 4.78 is 59.3. The largest absolute Gasteiger partial charge is 0.489 e. The van der Waals surface area contributed by atoms with Gasteiger partial charge in [-0.1, -0.05) is 29.8 Å². The Morgan fingerprint density at radius 2 is 1.97 bits per heavy atom. The van der Waals surface area contributed by atoms with Crippen molar-refractivity contribution in [1.29, 1.82) is 0 Å². The van der Waals surface area contributed by atoms with Crippen LogP contribution in [0.2, 0.25) is 5.02 Å². The van der Waals surface area contributed by atoms with Crippen LogP contribution in [-0.2, 0) is 21.4 Å². The van der Waals surface area contributed by atoms with E-state index in [0.29, 0.717) is 12.3 Å². The molecular formula is C23H24ClF2N3O5S2. The average Bonchev–Trinajstić information content (AvgIpc) is 3.34. The van der Waals surface area contributed by atoms with Gasteiger partial charge in [0, 0.05) is 30.6 Å². The zero-order chi connectivity index (χ0) is 26.1. The van der Waals surface area contributed by atoms with E-state index in [2.05, 4.69) is 14.6 Å². The maximum atomic E-state index is 12.9. The van der Waals surface area contributed by atoms with E-state index in [9.17, 15) is 17.2 Å². The molecule has 0 bridgehead atoms. The maximum absolute atomic E-state index is 12.9. The Morgan fingerprint density at radius 1 is 1.25 bits per heavy atom. The lowest BCUT2D eigenvalue weighted by Crippen LogP contribution is -2.37. The lowest BCUT2D eigenvalue weighted by atomic mass is 10.1. The van der Waals surface area contributed by atoms with Crippen molar-refractivity contribution in [2.24, 2.45) is 0 Å². The van der Waals surface area contributed by atoms with E-state index < -0.39 is 16.4 Å². The first-order valence-electron chi connectivity index (χ1n) is 10.8. The number of carbonyl (C=O) groups is 1. The zero-order valence-electron chi connectivity index (χ0n) is 18.9. The van der Waals surface area contributed by atoms with Gasteiger partial charge >= 0.3 is 0 Å². The van der Waals surface area contributed by atoms with Crippen LogP contribution >= 0.6 is 22.9 Å². The summed E-state index contributed by atoms with van der Waals surface area (Å²) in [5.74, 6) is 0.677. The van der Waals surface area contributed by atoms with Gasteiger partial charge in [0.2, 0.25) is 0 Å². The minimum Gasteiger partial charge on any atom is -0.489 e. The van der Waals surface area contributed by atoms with Crippen LogP contribution in [-0.4, -0.2) is 49.1 Å². The van der Waals surface area contributed by atoms with E-state index in [-0.39, 0.29) is 33.9 Å². The third-order valence-corrected chi connectivity index (χ3v) is 7.56. The highest BCUT2D eigenvalue weighted by Gasteiger charge is 2.23. The van der Waals surface area contributed by atoms with E-state index >= 15 is 0 Å². The van der Waals surface area contributed by atoms with E-state index in [1.165, 1.54) is 35.0 Å². The van der Waals surface area contributed by atoms with Gasteiger partial charge < -0.3 is 9.84 Å². The number of rotatable bonds is 8. The summed E-state index contributed by atoms with van der Waals surface area (Å²) in [7, 11) is -3.80. The predicted molar refractivity (Wildman–Crippen MR) is 133 cm³/mol. The molecule has 2 heterocycles. The molecule has 3 aromatic rings. The van der Waals surface area contributed by atoms with Crippen molar-refractivity contribution in [3.05, 3.63) is 69.5 Å². The molecule has 13 heteroatoms. The monoisotopic (exact) mass is 559 g/mol. The summed E-state index contributed by atoms with van der Waals surface area (Å²) in [5.41, 5.74) is 2.43. The number of nitrogens with zero attached hydrogens (tertiary/aromatic N) is 2. The molecule has 36 heavy (non-hydrogen) atoms. The molecule has 1 saturated heterocycles. The van der Waals surface area contributed by atoms with Crippen LogP contribution in [0.15, 0.2) is 58.3 Å². The Morgan fingerprint density at radius 3 is 2.58 bits per heavy atom. The number of benzene rings is 2. The summed E-state index contributed by atoms with van der Waals surface area (Å²) in [5, 5.41) is 8.70. The van der Waals surface area contributed by atoms with Crippen LogP contribution in [0.3, 0.4) is 0 Å². The molecule has 1 aliphatic heterocycles. The van der Waals surface area contributed by atoms with Gasteiger partial charge in [0.25, 0.3) is 22.9 Å². The highest BCUT2D eigenvalue weighted by molar-refractivity contribution is 7.92. The van der Waals surface area contributed by atoms with Gasteiger partial charge in [-0.05, 0) is 42.7 Å². The average molecular weight is 560 g/mol. The second-order valence-electron chi connectivity index (χ2n) is 7.82. The number of carboxylic acid groups (broad SMARTS) is 1. The highest BCUT2D eigenvalue weighted by atomic mass is 35.5. The second kappa shape index (κ2) is 12.9. The summed E-state index contributed by atoms with van der Waals surface area (Å²) in [6.45, 7) is 1.86. The first-order chi connectivity index (χ1) is 17.2. The molecule has 2 N–H and O–H groups in total. The third kappa shape index (κ3) is 7.85. The topological polar surface area (TPSA) is 109 Å². The smallest absolute Gasteiger partial charge is 0.290 e. The molecule has 1 fully saturated rings. The van der Waals surface area contributed by atoms with Crippen molar-refractivity contribution >= 4 is 45.3 Å². The van der Waals surface area contributed by atoms with E-state index in [1.54, 1.807) is 23.6 Å². The normalized spacial score (nSPS) is 14.7. The molecule has 4 rings (SSSR count). The Kier molecular flexibility index (Phi) is 9.99. The van der Waals surface area contributed by atoms with Crippen molar-refractivity contribution in [3.8, 4) is 5.75 Å². The van der Waals surface area contributed by atoms with Crippen LogP contribution in [0, 0.1) is 0 Å². The molecule has 1 aliphatic rings. The minimum absolute atomic E-state index is 0.0219. The lowest BCUT2D eigenvalue weighted by Gasteiger charge is -2.32. The number of hydrogen-bond acceptors (Lipinski definition) is 7. The van der Waals surface area contributed by atoms with Gasteiger partial charge in [-0.15, -0.1) is 11.3 Å². The number of alkyl halides is 2. The standard InChI is InChI=1S/C22H22ClF2N3O3S2.CH2O2/c23-19-11-18(33(29,30)27-21-13-32-14-26-21)4-5-20(19)31-17-6-8-28(9-7-17)12-15-2-1-3-16(10-15)22(24)25;2-1-3/h1-5,10-11,13-14,17,22,27H,6-9,12H2;1H,(H,2,3). The number of anilines is 1. The minimum atomic E-state index is -3.80. The van der Waals surface area contributed by atoms with Gasteiger partial charge in [0.1, 0.15) is 11.9 Å². The third-order valence-electron chi connectivity index (χ3n) is 5.32. The summed E-state index contributed by atoms with van der Waals surface area (Å²) >= 11 is 7.60. The molecule has 194 valence electrons. The molecule has 0 saturated carbocycles. The number of likely N-dealkylation sites (tertiary alicyclic amines) is 1. The van der Waals surface area contributed by atoms with Crippen LogP contribution in [0.25, 0.3) is 0 Å². The first kappa shape index (κ1) is 27.8. The number of hydrogen-bond donors (Lipinski definition) is 2. The quantitative estimate of drug-likeness (QED) is 0.361. The molecule has 8 nitrogen and oxygen atoms in total. The Bertz CT molecular complexity index is 1240. The van der Waals surface area contributed by atoms with Gasteiger partial charge in [0.15, 0.2) is 5.82 Å². The number of thiazole rings is 1. The summed E-state index contributed by atoms with van der Waals surface area (Å²) in [4.78, 5) is 14.5. The number of halogens is 3. The molecule has 0 amide bonds. The number of ether oxygens (including phenoxy) is 1. The highest BCUT2D eigenvalue weighted by Crippen LogP contribution is 2.31. The Labute approximate surface area is 216 Å². The second-order valence-corrected chi connectivity index (χ2v) is 10.6. The predicted octanol–water partition coefficient (Wildman–Crippen LogP) is 5.28. The first-order valence-corrected chi connectivity index (χ1v) is 13.6. The number of sulfonamides is 1. The fourth-order valence-electron chi connectivity index (χ4n) is 3.65. The lowest BCUT2D eigenvalue weighted by molar-refractivity contribution is -0.122. The summed E-state index contributed by atoms with van der Waals surface area (Å²) in [6, 6.07) is 10.9. The molecule has 0 unspecified atom stereocenters. The SMILES string of the molecule is O=CO.O=S(=O)(Nc1cscn1)c1ccc(OC2CCN(Cc3cccc(C(F)F)c3)CC2)c(Cl)c1. The Hall–Kier alpha value is -2.80. The molecule has 0 radical (unpaired) electrons. The van der Waals surface area contributed by atoms with Crippen molar-refractivity contribution in [2.45, 2.75) is 36.8 Å². The van der Waals surface area contributed by atoms with Gasteiger partial charge in [-0.2, -0.15) is 0 Å². The molecule has 0 aliphatic carbocycles.